The highest BCUT2D eigenvalue weighted by Crippen LogP contribution is 2.25. The van der Waals surface area contributed by atoms with Crippen LogP contribution in [0.1, 0.15) is 34.5 Å². The van der Waals surface area contributed by atoms with Crippen LogP contribution in [-0.4, -0.2) is 31.9 Å². The van der Waals surface area contributed by atoms with Crippen LogP contribution in [0.2, 0.25) is 0 Å². The van der Waals surface area contributed by atoms with Crippen molar-refractivity contribution in [3.05, 3.63) is 34.9 Å². The van der Waals surface area contributed by atoms with Gasteiger partial charge in [-0.25, -0.2) is 4.79 Å². The van der Waals surface area contributed by atoms with Crippen LogP contribution in [0.5, 0.6) is 0 Å². The third-order valence-electron chi connectivity index (χ3n) is 2.49. The molecule has 1 aromatic carbocycles. The normalized spacial score (nSPS) is 14.0. The molecule has 2 unspecified atom stereocenters. The molecule has 3 N–H and O–H groups in total. The number of alkyl halides is 1. The van der Waals surface area contributed by atoms with E-state index in [1.807, 2.05) is 0 Å². The van der Waals surface area contributed by atoms with Crippen molar-refractivity contribution in [2.24, 2.45) is 0 Å². The number of hydrogen-bond acceptors (Lipinski definition) is 4. The lowest BCUT2D eigenvalue weighted by Gasteiger charge is -2.15. The molecule has 0 saturated heterocycles. The number of hydrogen-bond donors (Lipinski definition) is 3. The maximum Gasteiger partial charge on any atom is 0.337 e. The van der Waals surface area contributed by atoms with Crippen LogP contribution in [-0.2, 0) is 11.4 Å². The second-order valence-corrected chi connectivity index (χ2v) is 5.13. The summed E-state index contributed by atoms with van der Waals surface area (Å²) in [5, 5.41) is 27.6. The number of ketones is 1. The summed E-state index contributed by atoms with van der Waals surface area (Å²) >= 11 is 3.10. The molecule has 98 valence electrons. The van der Waals surface area contributed by atoms with E-state index < -0.39 is 23.5 Å². The maximum absolute atomic E-state index is 12.0. The highest BCUT2D eigenvalue weighted by Gasteiger charge is 2.26. The molecule has 0 aliphatic heterocycles. The number of benzene rings is 1. The highest BCUT2D eigenvalue weighted by molar-refractivity contribution is 9.10. The van der Waals surface area contributed by atoms with Gasteiger partial charge in [0.05, 0.1) is 11.4 Å². The molecule has 0 fully saturated rings. The molecule has 0 aliphatic carbocycles. The number of carbonyl (C=O) groups is 2. The van der Waals surface area contributed by atoms with E-state index in [9.17, 15) is 19.8 Å². The van der Waals surface area contributed by atoms with Crippen molar-refractivity contribution in [3.8, 4) is 0 Å². The van der Waals surface area contributed by atoms with Gasteiger partial charge in [0, 0.05) is 11.1 Å². The monoisotopic (exact) mass is 316 g/mol. The summed E-state index contributed by atoms with van der Waals surface area (Å²) in [6.45, 7) is 1.19. The molecule has 0 aliphatic rings. The van der Waals surface area contributed by atoms with Crippen LogP contribution in [0.25, 0.3) is 0 Å². The quantitative estimate of drug-likeness (QED) is 0.561. The molecular weight excluding hydrogens is 304 g/mol. The third kappa shape index (κ3) is 2.95. The second-order valence-electron chi connectivity index (χ2n) is 3.76. The Balaban J connectivity index is 3.42. The average Bonchev–Trinajstić information content (AvgIpc) is 2.35. The predicted octanol–water partition coefficient (Wildman–Crippen LogP) is 1.26. The molecule has 1 rings (SSSR count). The summed E-state index contributed by atoms with van der Waals surface area (Å²) in [6, 6.07) is 4.37. The molecule has 1 aromatic rings. The first-order chi connectivity index (χ1) is 8.40. The van der Waals surface area contributed by atoms with Crippen LogP contribution in [0, 0.1) is 0 Å². The van der Waals surface area contributed by atoms with Crippen LogP contribution in [0.4, 0.5) is 0 Å². The van der Waals surface area contributed by atoms with E-state index in [0.29, 0.717) is 5.56 Å². The molecule has 2 atom stereocenters. The summed E-state index contributed by atoms with van der Waals surface area (Å²) < 4.78 is 0. The minimum Gasteiger partial charge on any atom is -0.479 e. The van der Waals surface area contributed by atoms with Crippen LogP contribution in [0.15, 0.2) is 18.2 Å². The fourth-order valence-corrected chi connectivity index (χ4v) is 1.84. The van der Waals surface area contributed by atoms with Gasteiger partial charge in [0.1, 0.15) is 0 Å². The Labute approximate surface area is 112 Å². The van der Waals surface area contributed by atoms with Crippen molar-refractivity contribution in [1.82, 2.24) is 0 Å². The van der Waals surface area contributed by atoms with Gasteiger partial charge >= 0.3 is 5.97 Å². The van der Waals surface area contributed by atoms with E-state index in [-0.39, 0.29) is 16.9 Å². The van der Waals surface area contributed by atoms with E-state index in [2.05, 4.69) is 15.9 Å². The highest BCUT2D eigenvalue weighted by atomic mass is 79.9. The Hall–Kier alpha value is -1.24. The van der Waals surface area contributed by atoms with Gasteiger partial charge in [0.2, 0.25) is 0 Å². The predicted molar refractivity (Wildman–Crippen MR) is 67.7 cm³/mol. The Morgan fingerprint density at radius 2 is 2.00 bits per heavy atom. The van der Waals surface area contributed by atoms with Crippen molar-refractivity contribution in [2.75, 3.05) is 0 Å². The smallest absolute Gasteiger partial charge is 0.337 e. The molecule has 0 radical (unpaired) electrons. The number of rotatable bonds is 5. The zero-order valence-electron chi connectivity index (χ0n) is 9.63. The standard InChI is InChI=1S/C12H13BrO5/c1-6(13)10(15)9-7(5-14)3-2-4-8(9)11(16)12(17)18/h2-4,6,11,14,16H,5H2,1H3,(H,17,18). The summed E-state index contributed by atoms with van der Waals surface area (Å²) in [5.41, 5.74) is 0.341. The summed E-state index contributed by atoms with van der Waals surface area (Å²) in [6.07, 6.45) is -1.79. The molecule has 0 saturated carbocycles. The zero-order chi connectivity index (χ0) is 13.9. The summed E-state index contributed by atoms with van der Waals surface area (Å²) in [4.78, 5) is 22.3. The lowest BCUT2D eigenvalue weighted by Crippen LogP contribution is -2.20. The van der Waals surface area contributed by atoms with Gasteiger partial charge in [-0.1, -0.05) is 34.1 Å². The summed E-state index contributed by atoms with van der Waals surface area (Å²) in [7, 11) is 0. The molecule has 0 heterocycles. The Kier molecular flexibility index (Phi) is 5.01. The van der Waals surface area contributed by atoms with Gasteiger partial charge in [-0.05, 0) is 12.5 Å². The second kappa shape index (κ2) is 6.08. The van der Waals surface area contributed by atoms with Gasteiger partial charge in [-0.15, -0.1) is 0 Å². The Bertz CT molecular complexity index is 470. The van der Waals surface area contributed by atoms with Crippen LogP contribution >= 0.6 is 15.9 Å². The SMILES string of the molecule is CC(Br)C(=O)c1c(CO)cccc1C(O)C(=O)O. The van der Waals surface area contributed by atoms with Crippen molar-refractivity contribution in [1.29, 1.82) is 0 Å². The number of carboxylic acids is 1. The molecule has 0 amide bonds. The van der Waals surface area contributed by atoms with Gasteiger partial charge in [0.15, 0.2) is 11.9 Å². The average molecular weight is 317 g/mol. The molecule has 5 nitrogen and oxygen atoms in total. The van der Waals surface area contributed by atoms with Gasteiger partial charge < -0.3 is 15.3 Å². The Morgan fingerprint density at radius 3 is 2.44 bits per heavy atom. The fraction of sp³-hybridized carbons (Fsp3) is 0.333. The van der Waals surface area contributed by atoms with Crippen molar-refractivity contribution < 1.29 is 24.9 Å². The maximum atomic E-state index is 12.0. The zero-order valence-corrected chi connectivity index (χ0v) is 11.2. The number of carboxylic acid groups (broad SMARTS) is 1. The summed E-state index contributed by atoms with van der Waals surface area (Å²) in [5.74, 6) is -1.82. The number of aliphatic hydroxyl groups is 2. The first-order valence-corrected chi connectivity index (χ1v) is 6.13. The van der Waals surface area contributed by atoms with Gasteiger partial charge in [-0.2, -0.15) is 0 Å². The van der Waals surface area contributed by atoms with Crippen LogP contribution < -0.4 is 0 Å². The number of halogens is 1. The van der Waals surface area contributed by atoms with E-state index in [1.54, 1.807) is 6.92 Å². The number of Topliss-reactive ketones (excluding diaryl/α,β-unsaturated/α-hetero) is 1. The van der Waals surface area contributed by atoms with E-state index in [1.165, 1.54) is 18.2 Å². The van der Waals surface area contributed by atoms with Crippen LogP contribution in [0.3, 0.4) is 0 Å². The van der Waals surface area contributed by atoms with Crippen molar-refractivity contribution in [3.63, 3.8) is 0 Å². The van der Waals surface area contributed by atoms with E-state index in [0.717, 1.165) is 0 Å². The third-order valence-corrected chi connectivity index (χ3v) is 2.91. The first kappa shape index (κ1) is 14.8. The fourth-order valence-electron chi connectivity index (χ4n) is 1.61. The molecular formula is C12H13BrO5. The van der Waals surface area contributed by atoms with E-state index >= 15 is 0 Å². The van der Waals surface area contributed by atoms with Crippen molar-refractivity contribution >= 4 is 27.7 Å². The lowest BCUT2D eigenvalue weighted by atomic mass is 9.93. The topological polar surface area (TPSA) is 94.8 Å². The van der Waals surface area contributed by atoms with E-state index in [4.69, 9.17) is 5.11 Å². The van der Waals surface area contributed by atoms with Gasteiger partial charge in [0.25, 0.3) is 0 Å². The first-order valence-electron chi connectivity index (χ1n) is 5.22. The Morgan fingerprint density at radius 1 is 1.39 bits per heavy atom. The molecule has 0 bridgehead atoms. The van der Waals surface area contributed by atoms with Crippen molar-refractivity contribution in [2.45, 2.75) is 24.5 Å². The number of aliphatic hydroxyl groups excluding tert-OH is 2. The molecule has 18 heavy (non-hydrogen) atoms. The number of carbonyl (C=O) groups excluding carboxylic acids is 1. The lowest BCUT2D eigenvalue weighted by molar-refractivity contribution is -0.146. The minimum atomic E-state index is -1.79. The molecule has 0 aromatic heterocycles. The minimum absolute atomic E-state index is 0.00894. The molecule has 6 heteroatoms. The largest absolute Gasteiger partial charge is 0.479 e. The molecule has 0 spiro atoms. The van der Waals surface area contributed by atoms with Gasteiger partial charge in [-0.3, -0.25) is 4.79 Å². The number of aliphatic carboxylic acids is 1.